The number of nitrogens with one attached hydrogen (secondary N) is 1. The third kappa shape index (κ3) is 6.08. The van der Waals surface area contributed by atoms with E-state index in [1.807, 2.05) is 24.3 Å². The average molecular weight is 427 g/mol. The van der Waals surface area contributed by atoms with Gasteiger partial charge in [0.1, 0.15) is 5.75 Å². The number of anilines is 1. The van der Waals surface area contributed by atoms with Crippen LogP contribution in [0.4, 0.5) is 5.69 Å². The second-order valence-corrected chi connectivity index (χ2v) is 7.08. The molecule has 3 aromatic rings. The van der Waals surface area contributed by atoms with Gasteiger partial charge in [-0.25, -0.2) is 4.79 Å². The van der Waals surface area contributed by atoms with Crippen molar-refractivity contribution in [3.8, 4) is 5.75 Å². The summed E-state index contributed by atoms with van der Waals surface area (Å²) in [4.78, 5) is 23.5. The Bertz CT molecular complexity index is 987. The van der Waals surface area contributed by atoms with Crippen molar-refractivity contribution in [3.63, 3.8) is 0 Å². The highest BCUT2D eigenvalue weighted by atomic mass is 32.2. The monoisotopic (exact) mass is 427 g/mol. The Morgan fingerprint density at radius 2 is 1.80 bits per heavy atom. The maximum Gasteiger partial charge on any atom is 0.337 e. The van der Waals surface area contributed by atoms with Crippen molar-refractivity contribution in [3.05, 3.63) is 65.5 Å². The molecule has 8 nitrogen and oxygen atoms in total. The first-order chi connectivity index (χ1) is 14.6. The molecule has 30 heavy (non-hydrogen) atoms. The van der Waals surface area contributed by atoms with Crippen LogP contribution in [0.2, 0.25) is 0 Å². The van der Waals surface area contributed by atoms with Crippen molar-refractivity contribution in [2.24, 2.45) is 0 Å². The minimum atomic E-state index is -0.433. The SMILES string of the molecule is CCc1ccc(OCc2nnc(SCC(=O)Nc3ccc(C(=O)OC)cc3)o2)cc1. The highest BCUT2D eigenvalue weighted by Gasteiger charge is 2.11. The van der Waals surface area contributed by atoms with Crippen molar-refractivity contribution in [1.29, 1.82) is 0 Å². The van der Waals surface area contributed by atoms with Gasteiger partial charge in [0, 0.05) is 5.69 Å². The van der Waals surface area contributed by atoms with Crippen LogP contribution in [0.5, 0.6) is 5.75 Å². The first kappa shape index (κ1) is 21.4. The highest BCUT2D eigenvalue weighted by molar-refractivity contribution is 7.99. The summed E-state index contributed by atoms with van der Waals surface area (Å²) in [5.41, 5.74) is 2.21. The zero-order valence-electron chi connectivity index (χ0n) is 16.6. The van der Waals surface area contributed by atoms with E-state index in [2.05, 4.69) is 27.2 Å². The summed E-state index contributed by atoms with van der Waals surface area (Å²) in [6.07, 6.45) is 0.969. The molecule has 9 heteroatoms. The number of benzene rings is 2. The van der Waals surface area contributed by atoms with Crippen molar-refractivity contribution in [1.82, 2.24) is 10.2 Å². The number of carbonyl (C=O) groups is 2. The normalized spacial score (nSPS) is 10.5. The zero-order chi connectivity index (χ0) is 21.3. The number of hydrogen-bond acceptors (Lipinski definition) is 8. The van der Waals surface area contributed by atoms with Gasteiger partial charge in [-0.1, -0.05) is 30.8 Å². The number of rotatable bonds is 9. The molecule has 1 aromatic heterocycles. The Morgan fingerprint density at radius 3 is 2.47 bits per heavy atom. The summed E-state index contributed by atoms with van der Waals surface area (Å²) in [6, 6.07) is 14.2. The molecule has 0 unspecified atom stereocenters. The molecule has 2 aromatic carbocycles. The molecule has 1 heterocycles. The molecule has 156 valence electrons. The van der Waals surface area contributed by atoms with Crippen molar-refractivity contribution in [2.75, 3.05) is 18.2 Å². The Labute approximate surface area is 178 Å². The van der Waals surface area contributed by atoms with Gasteiger partial charge in [0.2, 0.25) is 5.91 Å². The summed E-state index contributed by atoms with van der Waals surface area (Å²) in [7, 11) is 1.31. The standard InChI is InChI=1S/C21H21N3O5S/c1-3-14-4-10-17(11-5-14)28-12-19-23-24-21(29-19)30-13-18(25)22-16-8-6-15(7-9-16)20(26)27-2/h4-11H,3,12-13H2,1-2H3,(H,22,25). The quantitative estimate of drug-likeness (QED) is 0.407. The maximum atomic E-state index is 12.1. The van der Waals surface area contributed by atoms with Gasteiger partial charge in [0.15, 0.2) is 6.61 Å². The molecule has 1 amide bonds. The third-order valence-electron chi connectivity index (χ3n) is 4.06. The van der Waals surface area contributed by atoms with E-state index in [4.69, 9.17) is 9.15 Å². The molecule has 1 N–H and O–H groups in total. The lowest BCUT2D eigenvalue weighted by atomic mass is 10.2. The summed E-state index contributed by atoms with van der Waals surface area (Å²) in [6.45, 7) is 2.24. The molecule has 0 fully saturated rings. The highest BCUT2D eigenvalue weighted by Crippen LogP contribution is 2.19. The second-order valence-electron chi connectivity index (χ2n) is 6.15. The maximum absolute atomic E-state index is 12.1. The predicted molar refractivity (Wildman–Crippen MR) is 112 cm³/mol. The summed E-state index contributed by atoms with van der Waals surface area (Å²) >= 11 is 1.12. The van der Waals surface area contributed by atoms with Gasteiger partial charge >= 0.3 is 5.97 Å². The molecule has 0 spiro atoms. The predicted octanol–water partition coefficient (Wildman–Crippen LogP) is 3.73. The van der Waals surface area contributed by atoms with Gasteiger partial charge in [0.25, 0.3) is 11.1 Å². The smallest absolute Gasteiger partial charge is 0.337 e. The van der Waals surface area contributed by atoms with E-state index in [-0.39, 0.29) is 23.5 Å². The lowest BCUT2D eigenvalue weighted by Crippen LogP contribution is -2.14. The van der Waals surface area contributed by atoms with Crippen LogP contribution in [0.15, 0.2) is 58.2 Å². The molecule has 0 saturated carbocycles. The van der Waals surface area contributed by atoms with Gasteiger partial charge < -0.3 is 19.2 Å². The van der Waals surface area contributed by atoms with E-state index in [0.29, 0.717) is 17.1 Å². The van der Waals surface area contributed by atoms with Crippen LogP contribution in [0.3, 0.4) is 0 Å². The van der Waals surface area contributed by atoms with Crippen LogP contribution in [-0.4, -0.2) is 34.9 Å². The van der Waals surface area contributed by atoms with Crippen LogP contribution in [0, 0.1) is 0 Å². The van der Waals surface area contributed by atoms with Gasteiger partial charge in [-0.3, -0.25) is 4.79 Å². The molecule has 0 atom stereocenters. The molecule has 3 rings (SSSR count). The third-order valence-corrected chi connectivity index (χ3v) is 4.88. The first-order valence-corrected chi connectivity index (χ1v) is 10.2. The fraction of sp³-hybridized carbons (Fsp3) is 0.238. The van der Waals surface area contributed by atoms with E-state index < -0.39 is 5.97 Å². The van der Waals surface area contributed by atoms with Crippen LogP contribution in [0.25, 0.3) is 0 Å². The van der Waals surface area contributed by atoms with Crippen molar-refractivity contribution >= 4 is 29.3 Å². The Hall–Kier alpha value is -3.33. The molecule has 0 bridgehead atoms. The fourth-order valence-corrected chi connectivity index (χ4v) is 3.03. The fourth-order valence-electron chi connectivity index (χ4n) is 2.45. The number of nitrogens with zero attached hydrogens (tertiary/aromatic N) is 2. The number of aryl methyl sites for hydroxylation is 1. The molecule has 0 radical (unpaired) electrons. The van der Waals surface area contributed by atoms with Crippen LogP contribution >= 0.6 is 11.8 Å². The topological polar surface area (TPSA) is 104 Å². The minimum Gasteiger partial charge on any atom is -0.484 e. The molecule has 0 aliphatic heterocycles. The number of methoxy groups -OCH3 is 1. The zero-order valence-corrected chi connectivity index (χ0v) is 17.4. The first-order valence-electron chi connectivity index (χ1n) is 9.22. The van der Waals surface area contributed by atoms with E-state index in [1.165, 1.54) is 12.7 Å². The molecule has 0 saturated heterocycles. The van der Waals surface area contributed by atoms with Gasteiger partial charge in [0.05, 0.1) is 18.4 Å². The van der Waals surface area contributed by atoms with E-state index >= 15 is 0 Å². The average Bonchev–Trinajstić information content (AvgIpc) is 3.24. The summed E-state index contributed by atoms with van der Waals surface area (Å²) < 4.78 is 15.8. The van der Waals surface area contributed by atoms with Crippen molar-refractivity contribution in [2.45, 2.75) is 25.2 Å². The Balaban J connectivity index is 1.44. The molecule has 0 aliphatic carbocycles. The number of carbonyl (C=O) groups excluding carboxylic acids is 2. The molecular formula is C21H21N3O5S. The number of esters is 1. The number of ether oxygens (including phenoxy) is 2. The van der Waals surface area contributed by atoms with Gasteiger partial charge in [-0.05, 0) is 48.4 Å². The van der Waals surface area contributed by atoms with E-state index in [1.54, 1.807) is 24.3 Å². The van der Waals surface area contributed by atoms with E-state index in [9.17, 15) is 9.59 Å². The van der Waals surface area contributed by atoms with Crippen molar-refractivity contribution < 1.29 is 23.5 Å². The van der Waals surface area contributed by atoms with Crippen LogP contribution < -0.4 is 10.1 Å². The lowest BCUT2D eigenvalue weighted by Gasteiger charge is -2.05. The largest absolute Gasteiger partial charge is 0.484 e. The van der Waals surface area contributed by atoms with Crippen LogP contribution in [0.1, 0.15) is 28.7 Å². The Kier molecular flexibility index (Phi) is 7.45. The van der Waals surface area contributed by atoms with Crippen LogP contribution in [-0.2, 0) is 22.6 Å². The number of aromatic nitrogens is 2. The van der Waals surface area contributed by atoms with E-state index in [0.717, 1.165) is 23.9 Å². The number of thioether (sulfide) groups is 1. The lowest BCUT2D eigenvalue weighted by molar-refractivity contribution is -0.113. The summed E-state index contributed by atoms with van der Waals surface area (Å²) in [5, 5.41) is 10.8. The van der Waals surface area contributed by atoms with Gasteiger partial charge in [-0.15, -0.1) is 10.2 Å². The molecular weight excluding hydrogens is 406 g/mol. The van der Waals surface area contributed by atoms with Gasteiger partial charge in [-0.2, -0.15) is 0 Å². The second kappa shape index (κ2) is 10.4. The Morgan fingerprint density at radius 1 is 1.07 bits per heavy atom. The number of hydrogen-bond donors (Lipinski definition) is 1. The number of amides is 1. The minimum absolute atomic E-state index is 0.0969. The molecule has 0 aliphatic rings. The summed E-state index contributed by atoms with van der Waals surface area (Å²) in [5.74, 6) is 0.475.